The molecule has 1 aliphatic carbocycles. The third-order valence-corrected chi connectivity index (χ3v) is 5.66. The fourth-order valence-corrected chi connectivity index (χ4v) is 3.90. The van der Waals surface area contributed by atoms with Crippen LogP contribution < -0.4 is 5.32 Å². The summed E-state index contributed by atoms with van der Waals surface area (Å²) in [5, 5.41) is 5.17. The summed E-state index contributed by atoms with van der Waals surface area (Å²) < 4.78 is 5.83. The number of likely N-dealkylation sites (tertiary alicyclic amines) is 1. The summed E-state index contributed by atoms with van der Waals surface area (Å²) in [4.78, 5) is 20.4. The minimum absolute atomic E-state index is 0.114. The van der Waals surface area contributed by atoms with Crippen molar-refractivity contribution in [1.29, 1.82) is 0 Å². The highest BCUT2D eigenvalue weighted by atomic mass is 32.1. The van der Waals surface area contributed by atoms with Gasteiger partial charge >= 0.3 is 0 Å². The molecular formula is C18H23N3O2S. The van der Waals surface area contributed by atoms with Gasteiger partial charge in [0.25, 0.3) is 0 Å². The Hall–Kier alpha value is -1.66. The fraction of sp³-hybridized carbons (Fsp3) is 0.556. The molecule has 1 atom stereocenters. The molecule has 4 rings (SSSR count). The van der Waals surface area contributed by atoms with E-state index in [9.17, 15) is 4.79 Å². The molecule has 1 saturated heterocycles. The molecule has 1 unspecified atom stereocenters. The fourth-order valence-electron chi connectivity index (χ4n) is 3.25. The number of hydrogen-bond donors (Lipinski definition) is 1. The lowest BCUT2D eigenvalue weighted by atomic mass is 9.97. The van der Waals surface area contributed by atoms with E-state index < -0.39 is 0 Å². The van der Waals surface area contributed by atoms with Crippen LogP contribution in [0.15, 0.2) is 21.9 Å². The molecule has 2 aromatic rings. The predicted molar refractivity (Wildman–Crippen MR) is 93.7 cm³/mol. The van der Waals surface area contributed by atoms with E-state index in [-0.39, 0.29) is 11.8 Å². The third kappa shape index (κ3) is 3.54. The number of oxazole rings is 1. The first-order chi connectivity index (χ1) is 11.7. The Bertz CT molecular complexity index is 706. The van der Waals surface area contributed by atoms with E-state index in [1.54, 1.807) is 11.3 Å². The van der Waals surface area contributed by atoms with Crippen molar-refractivity contribution in [2.45, 2.75) is 45.2 Å². The minimum Gasteiger partial charge on any atom is -0.440 e. The molecule has 1 N–H and O–H groups in total. The molecule has 128 valence electrons. The van der Waals surface area contributed by atoms with Crippen molar-refractivity contribution in [3.63, 3.8) is 0 Å². The van der Waals surface area contributed by atoms with Gasteiger partial charge in [0.05, 0.1) is 16.5 Å². The van der Waals surface area contributed by atoms with Crippen LogP contribution in [0.2, 0.25) is 0 Å². The second-order valence-electron chi connectivity index (χ2n) is 6.86. The summed E-state index contributed by atoms with van der Waals surface area (Å²) in [6, 6.07) is 4.48. The largest absolute Gasteiger partial charge is 0.440 e. The summed E-state index contributed by atoms with van der Waals surface area (Å²) in [6.45, 7) is 4.57. The number of thiophene rings is 1. The van der Waals surface area contributed by atoms with Crippen molar-refractivity contribution in [2.24, 2.45) is 5.92 Å². The van der Waals surface area contributed by atoms with Gasteiger partial charge in [0.15, 0.2) is 0 Å². The number of rotatable bonds is 5. The van der Waals surface area contributed by atoms with Crippen LogP contribution in [0.3, 0.4) is 0 Å². The van der Waals surface area contributed by atoms with Gasteiger partial charge in [-0.05, 0) is 50.6 Å². The van der Waals surface area contributed by atoms with Crippen LogP contribution in [0.25, 0.3) is 10.8 Å². The van der Waals surface area contributed by atoms with Crippen LogP contribution >= 0.6 is 11.3 Å². The van der Waals surface area contributed by atoms with E-state index in [1.165, 1.54) is 0 Å². The van der Waals surface area contributed by atoms with Crippen molar-refractivity contribution in [3.05, 3.63) is 29.0 Å². The number of carbonyl (C=O) groups is 1. The van der Waals surface area contributed by atoms with Crippen LogP contribution in [-0.2, 0) is 11.3 Å². The van der Waals surface area contributed by atoms with Crippen LogP contribution in [0, 0.1) is 12.8 Å². The Morgan fingerprint density at radius 3 is 3.08 bits per heavy atom. The highest BCUT2D eigenvalue weighted by Crippen LogP contribution is 2.27. The first-order valence-corrected chi connectivity index (χ1v) is 9.60. The van der Waals surface area contributed by atoms with Gasteiger partial charge in [-0.25, -0.2) is 4.98 Å². The molecule has 5 nitrogen and oxygen atoms in total. The molecule has 1 aliphatic heterocycles. The van der Waals surface area contributed by atoms with E-state index in [4.69, 9.17) is 4.42 Å². The maximum Gasteiger partial charge on any atom is 0.236 e. The molecule has 2 fully saturated rings. The summed E-state index contributed by atoms with van der Waals surface area (Å²) in [6.07, 6.45) is 4.35. The zero-order valence-electron chi connectivity index (χ0n) is 14.0. The number of carbonyl (C=O) groups excluding carboxylic acids is 1. The van der Waals surface area contributed by atoms with Crippen molar-refractivity contribution >= 4 is 17.2 Å². The molecular weight excluding hydrogens is 322 g/mol. The number of amides is 1. The van der Waals surface area contributed by atoms with Gasteiger partial charge in [-0.1, -0.05) is 6.07 Å². The van der Waals surface area contributed by atoms with Crippen molar-refractivity contribution in [2.75, 3.05) is 13.1 Å². The molecule has 24 heavy (non-hydrogen) atoms. The van der Waals surface area contributed by atoms with E-state index in [0.29, 0.717) is 11.9 Å². The lowest BCUT2D eigenvalue weighted by Gasteiger charge is -2.31. The second-order valence-corrected chi connectivity index (χ2v) is 7.80. The second kappa shape index (κ2) is 6.69. The molecule has 0 radical (unpaired) electrons. The smallest absolute Gasteiger partial charge is 0.236 e. The highest BCUT2D eigenvalue weighted by Gasteiger charge is 2.30. The Labute approximate surface area is 146 Å². The van der Waals surface area contributed by atoms with Crippen LogP contribution in [0.4, 0.5) is 0 Å². The van der Waals surface area contributed by atoms with E-state index in [0.717, 1.165) is 61.6 Å². The molecule has 0 aromatic carbocycles. The van der Waals surface area contributed by atoms with Gasteiger partial charge in [-0.3, -0.25) is 9.69 Å². The summed E-state index contributed by atoms with van der Waals surface area (Å²) >= 11 is 1.64. The van der Waals surface area contributed by atoms with Gasteiger partial charge in [-0.2, -0.15) is 0 Å². The van der Waals surface area contributed by atoms with Crippen molar-refractivity contribution in [1.82, 2.24) is 15.2 Å². The summed E-state index contributed by atoms with van der Waals surface area (Å²) in [7, 11) is 0. The predicted octanol–water partition coefficient (Wildman–Crippen LogP) is 3.20. The zero-order chi connectivity index (χ0) is 16.5. The Morgan fingerprint density at radius 1 is 1.46 bits per heavy atom. The SMILES string of the molecule is Cc1oc(-c2cccs2)nc1CN1CCCC(C(=O)NC2CC2)C1. The van der Waals surface area contributed by atoms with Crippen LogP contribution in [0.1, 0.15) is 37.1 Å². The standard InChI is InChI=1S/C18H23N3O2S/c1-12-15(20-18(23-12)16-5-3-9-24-16)11-21-8-2-4-13(10-21)17(22)19-14-6-7-14/h3,5,9,13-14H,2,4,6-8,10-11H2,1H3,(H,19,22). The van der Waals surface area contributed by atoms with Crippen LogP contribution in [-0.4, -0.2) is 34.9 Å². The Kier molecular flexibility index (Phi) is 4.41. The van der Waals surface area contributed by atoms with Crippen molar-refractivity contribution in [3.8, 4) is 10.8 Å². The highest BCUT2D eigenvalue weighted by molar-refractivity contribution is 7.13. The van der Waals surface area contributed by atoms with Gasteiger partial charge in [-0.15, -0.1) is 11.3 Å². The molecule has 0 spiro atoms. The molecule has 1 amide bonds. The first kappa shape index (κ1) is 15.8. The van der Waals surface area contributed by atoms with Gasteiger partial charge in [0, 0.05) is 19.1 Å². The molecule has 0 bridgehead atoms. The summed E-state index contributed by atoms with van der Waals surface area (Å²) in [5.41, 5.74) is 0.988. The molecule has 6 heteroatoms. The normalized spacial score (nSPS) is 21.8. The lowest BCUT2D eigenvalue weighted by molar-refractivity contribution is -0.126. The minimum atomic E-state index is 0.114. The molecule has 3 heterocycles. The van der Waals surface area contributed by atoms with E-state index in [1.807, 2.05) is 24.4 Å². The monoisotopic (exact) mass is 345 g/mol. The number of aromatic nitrogens is 1. The maximum atomic E-state index is 12.3. The Balaban J connectivity index is 1.40. The maximum absolute atomic E-state index is 12.3. The summed E-state index contributed by atoms with van der Waals surface area (Å²) in [5.74, 6) is 1.93. The van der Waals surface area contributed by atoms with Gasteiger partial charge in [0.1, 0.15) is 5.76 Å². The number of nitrogens with one attached hydrogen (secondary N) is 1. The van der Waals surface area contributed by atoms with Crippen LogP contribution in [0.5, 0.6) is 0 Å². The van der Waals surface area contributed by atoms with Gasteiger partial charge < -0.3 is 9.73 Å². The molecule has 1 saturated carbocycles. The van der Waals surface area contributed by atoms with E-state index >= 15 is 0 Å². The average Bonchev–Trinajstić information content (AvgIpc) is 3.09. The Morgan fingerprint density at radius 2 is 2.33 bits per heavy atom. The van der Waals surface area contributed by atoms with E-state index in [2.05, 4.69) is 15.2 Å². The number of aryl methyl sites for hydroxylation is 1. The number of hydrogen-bond acceptors (Lipinski definition) is 5. The third-order valence-electron chi connectivity index (χ3n) is 4.80. The van der Waals surface area contributed by atoms with Crippen molar-refractivity contribution < 1.29 is 9.21 Å². The quantitative estimate of drug-likeness (QED) is 0.904. The first-order valence-electron chi connectivity index (χ1n) is 8.72. The topological polar surface area (TPSA) is 58.4 Å². The molecule has 2 aliphatic rings. The molecule has 2 aromatic heterocycles. The number of piperidine rings is 1. The van der Waals surface area contributed by atoms with Gasteiger partial charge in [0.2, 0.25) is 11.8 Å². The lowest BCUT2D eigenvalue weighted by Crippen LogP contribution is -2.43. The zero-order valence-corrected chi connectivity index (χ0v) is 14.8. The average molecular weight is 345 g/mol. The number of nitrogens with zero attached hydrogens (tertiary/aromatic N) is 2.